The van der Waals surface area contributed by atoms with Crippen molar-refractivity contribution in [1.29, 1.82) is 0 Å². The van der Waals surface area contributed by atoms with E-state index in [0.717, 1.165) is 0 Å². The predicted octanol–water partition coefficient (Wildman–Crippen LogP) is -0.956. The summed E-state index contributed by atoms with van der Waals surface area (Å²) in [5.41, 5.74) is 0. The zero-order valence-corrected chi connectivity index (χ0v) is 11.0. The van der Waals surface area contributed by atoms with Gasteiger partial charge in [-0.3, -0.25) is 0 Å². The fourth-order valence-electron chi connectivity index (χ4n) is 0.642. The Labute approximate surface area is 102 Å². The van der Waals surface area contributed by atoms with Crippen LogP contribution in [0.1, 0.15) is 0 Å². The molecule has 0 aliphatic heterocycles. The van der Waals surface area contributed by atoms with Gasteiger partial charge in [-0.1, -0.05) is 0 Å². The zero-order valence-electron chi connectivity index (χ0n) is 6.65. The van der Waals surface area contributed by atoms with Crippen LogP contribution in [0.15, 0.2) is 0 Å². The average Bonchev–Trinajstić information content (AvgIpc) is 2.67. The van der Waals surface area contributed by atoms with Gasteiger partial charge in [0.1, 0.15) is 0 Å². The second-order valence-corrected chi connectivity index (χ2v) is 1.92. The molecule has 0 nitrogen and oxygen atoms in total. The molecule has 0 unspecified atom stereocenters. The fraction of sp³-hybridized carbons (Fsp3) is 0. The van der Waals surface area contributed by atoms with Crippen molar-refractivity contribution in [1.82, 2.24) is 0 Å². The summed E-state index contributed by atoms with van der Waals surface area (Å²) in [6, 6.07) is 0. The van der Waals surface area contributed by atoms with Crippen LogP contribution in [0.2, 0.25) is 0 Å². The van der Waals surface area contributed by atoms with Crippen LogP contribution in [0.25, 0.3) is 0 Å². The molecule has 12 heavy (non-hydrogen) atoms. The van der Waals surface area contributed by atoms with Crippen LogP contribution in [0.4, 0.5) is 0 Å². The van der Waals surface area contributed by atoms with Crippen LogP contribution in [-0.2, 0) is 25.8 Å². The number of hydrogen-bond donors (Lipinski definition) is 0. The van der Waals surface area contributed by atoms with Crippen molar-refractivity contribution in [2.45, 2.75) is 0 Å². The van der Waals surface area contributed by atoms with E-state index in [-0.39, 0.29) is 38.3 Å². The van der Waals surface area contributed by atoms with E-state index in [1.165, 1.54) is 0 Å². The summed E-state index contributed by atoms with van der Waals surface area (Å²) in [5, 5.41) is 0. The molecule has 2 heteroatoms. The molecular formula is C10H10ClHf-. The summed E-state index contributed by atoms with van der Waals surface area (Å²) in [5.74, 6) is 0. The van der Waals surface area contributed by atoms with Crippen molar-refractivity contribution >= 4 is 0 Å². The molecule has 0 aromatic carbocycles. The summed E-state index contributed by atoms with van der Waals surface area (Å²) in [6.07, 6.45) is 20.0. The van der Waals surface area contributed by atoms with Gasteiger partial charge < -0.3 is 12.4 Å². The second kappa shape index (κ2) is 12.2. The summed E-state index contributed by atoms with van der Waals surface area (Å²) >= 11 is 0. The minimum Gasteiger partial charge on any atom is -1.00 e. The molecule has 0 saturated heterocycles. The summed E-state index contributed by atoms with van der Waals surface area (Å²) < 4.78 is 0. The summed E-state index contributed by atoms with van der Waals surface area (Å²) in [4.78, 5) is 0. The molecule has 2 aliphatic carbocycles. The minimum absolute atomic E-state index is 0. The molecule has 0 aromatic rings. The van der Waals surface area contributed by atoms with Crippen molar-refractivity contribution in [3.63, 3.8) is 0 Å². The van der Waals surface area contributed by atoms with E-state index in [0.29, 0.717) is 0 Å². The van der Waals surface area contributed by atoms with E-state index in [9.17, 15) is 0 Å². The van der Waals surface area contributed by atoms with Crippen LogP contribution in [0, 0.1) is 64.2 Å². The van der Waals surface area contributed by atoms with Gasteiger partial charge in [0.25, 0.3) is 0 Å². The minimum atomic E-state index is 0. The molecule has 62 valence electrons. The molecule has 0 bridgehead atoms. The Hall–Kier alpha value is 1.16. The van der Waals surface area contributed by atoms with Gasteiger partial charge in [0, 0.05) is 25.8 Å². The maximum Gasteiger partial charge on any atom is 0 e. The van der Waals surface area contributed by atoms with E-state index in [4.69, 9.17) is 0 Å². The van der Waals surface area contributed by atoms with Crippen LogP contribution in [0.5, 0.6) is 0 Å². The van der Waals surface area contributed by atoms with Crippen LogP contribution >= 0.6 is 0 Å². The maximum absolute atomic E-state index is 2.00. The first-order valence-electron chi connectivity index (χ1n) is 3.33. The third-order valence-corrected chi connectivity index (χ3v) is 1.11. The summed E-state index contributed by atoms with van der Waals surface area (Å²) in [6.45, 7) is 0. The predicted molar refractivity (Wildman–Crippen MR) is 43.0 cm³/mol. The topological polar surface area (TPSA) is 0 Å². The van der Waals surface area contributed by atoms with E-state index >= 15 is 0 Å². The molecule has 0 spiro atoms. The number of halogens is 1. The van der Waals surface area contributed by atoms with Crippen molar-refractivity contribution < 1.29 is 38.3 Å². The third-order valence-electron chi connectivity index (χ3n) is 1.11. The SMILES string of the molecule is [CH]1[CH][CH][CH][CH]1.[CH]1[CH][CH][CH][CH]1.[Cl-].[Hf]. The van der Waals surface area contributed by atoms with Gasteiger partial charge in [-0.05, 0) is 64.2 Å². The van der Waals surface area contributed by atoms with Crippen LogP contribution in [0.3, 0.4) is 0 Å². The molecule has 0 amide bonds. The smallest absolute Gasteiger partial charge is 0 e. The van der Waals surface area contributed by atoms with Gasteiger partial charge >= 0.3 is 0 Å². The molecule has 0 heterocycles. The standard InChI is InChI=1S/2C5H5.ClH.Hf/c2*1-2-4-5-3-1;;/h2*1-5H;1H;/p-1. The second-order valence-electron chi connectivity index (χ2n) is 1.92. The Bertz CT molecular complexity index is 43.0. The molecular weight excluding hydrogens is 334 g/mol. The Kier molecular flexibility index (Phi) is 15.8. The molecule has 10 radical (unpaired) electrons. The molecule has 2 fully saturated rings. The first-order valence-corrected chi connectivity index (χ1v) is 3.33. The molecule has 0 N–H and O–H groups in total. The van der Waals surface area contributed by atoms with E-state index in [2.05, 4.69) is 0 Å². The van der Waals surface area contributed by atoms with E-state index < -0.39 is 0 Å². The van der Waals surface area contributed by atoms with Crippen LogP contribution < -0.4 is 12.4 Å². The van der Waals surface area contributed by atoms with Crippen molar-refractivity contribution in [3.05, 3.63) is 64.2 Å². The number of rotatable bonds is 0. The Morgan fingerprint density at radius 2 is 0.417 bits per heavy atom. The van der Waals surface area contributed by atoms with Crippen molar-refractivity contribution in [2.75, 3.05) is 0 Å². The van der Waals surface area contributed by atoms with Gasteiger partial charge in [-0.2, -0.15) is 0 Å². The quantitative estimate of drug-likeness (QED) is 0.497. The monoisotopic (exact) mass is 345 g/mol. The van der Waals surface area contributed by atoms with Crippen molar-refractivity contribution in [2.24, 2.45) is 0 Å². The molecule has 2 rings (SSSR count). The summed E-state index contributed by atoms with van der Waals surface area (Å²) in [7, 11) is 0. The van der Waals surface area contributed by atoms with Crippen molar-refractivity contribution in [3.8, 4) is 0 Å². The Balaban J connectivity index is 0. The normalized spacial score (nSPS) is 20.0. The molecule has 0 aromatic heterocycles. The maximum atomic E-state index is 2.00. The van der Waals surface area contributed by atoms with Gasteiger partial charge in [0.15, 0.2) is 0 Å². The molecule has 2 aliphatic rings. The van der Waals surface area contributed by atoms with Crippen LogP contribution in [-0.4, -0.2) is 0 Å². The van der Waals surface area contributed by atoms with E-state index in [1.54, 1.807) is 0 Å². The van der Waals surface area contributed by atoms with Gasteiger partial charge in [-0.25, -0.2) is 0 Å². The van der Waals surface area contributed by atoms with Gasteiger partial charge in [-0.15, -0.1) is 0 Å². The Morgan fingerprint density at radius 1 is 0.333 bits per heavy atom. The van der Waals surface area contributed by atoms with E-state index in [1.807, 2.05) is 64.2 Å². The first-order chi connectivity index (χ1) is 5.00. The zero-order chi connectivity index (χ0) is 7.07. The average molecular weight is 344 g/mol. The Morgan fingerprint density at radius 3 is 0.500 bits per heavy atom. The largest absolute Gasteiger partial charge is 1.00 e. The third kappa shape index (κ3) is 9.25. The van der Waals surface area contributed by atoms with Gasteiger partial charge in [0.05, 0.1) is 0 Å². The first kappa shape index (κ1) is 15.6. The molecule has 0 atom stereocenters. The van der Waals surface area contributed by atoms with Gasteiger partial charge in [0.2, 0.25) is 0 Å². The number of hydrogen-bond acceptors (Lipinski definition) is 0. The fourth-order valence-corrected chi connectivity index (χ4v) is 0.642. The molecule has 2 saturated carbocycles.